The second kappa shape index (κ2) is 9.09. The number of nitriles is 1. The Labute approximate surface area is 113 Å². The van der Waals surface area contributed by atoms with E-state index in [0.717, 1.165) is 0 Å². The van der Waals surface area contributed by atoms with E-state index in [1.165, 1.54) is 0 Å². The molecule has 0 saturated heterocycles. The van der Waals surface area contributed by atoms with Crippen molar-refractivity contribution >= 4 is 11.6 Å². The number of carbonyl (C=O) groups excluding carboxylic acids is 1. The van der Waals surface area contributed by atoms with Gasteiger partial charge in [-0.15, -0.1) is 0 Å². The molecule has 1 N–H and O–H groups in total. The van der Waals surface area contributed by atoms with Gasteiger partial charge in [0.2, 0.25) is 5.91 Å². The summed E-state index contributed by atoms with van der Waals surface area (Å²) in [6, 6.07) is 8.97. The van der Waals surface area contributed by atoms with E-state index in [9.17, 15) is 4.79 Å². The van der Waals surface area contributed by atoms with Crippen molar-refractivity contribution in [3.8, 4) is 6.07 Å². The first-order valence-corrected chi connectivity index (χ1v) is 6.13. The molecule has 0 aliphatic heterocycles. The van der Waals surface area contributed by atoms with Crippen LogP contribution in [0.3, 0.4) is 0 Å². The average Bonchev–Trinajstić information content (AvgIpc) is 2.43. The Bertz CT molecular complexity index is 441. The zero-order valence-corrected chi connectivity index (χ0v) is 11.0. The van der Waals surface area contributed by atoms with E-state index in [1.54, 1.807) is 31.4 Å². The first kappa shape index (κ1) is 15.2. The van der Waals surface area contributed by atoms with E-state index in [0.29, 0.717) is 43.9 Å². The molecule has 1 amide bonds. The first-order valence-electron chi connectivity index (χ1n) is 6.13. The van der Waals surface area contributed by atoms with Crippen molar-refractivity contribution in [1.29, 1.82) is 5.26 Å². The Morgan fingerprint density at radius 1 is 1.32 bits per heavy atom. The molecule has 19 heavy (non-hydrogen) atoms. The van der Waals surface area contributed by atoms with Crippen molar-refractivity contribution in [2.24, 2.45) is 0 Å². The molecule has 102 valence electrons. The van der Waals surface area contributed by atoms with E-state index in [1.807, 2.05) is 6.07 Å². The zero-order valence-electron chi connectivity index (χ0n) is 11.0. The maximum atomic E-state index is 11.7. The number of methoxy groups -OCH3 is 1. The predicted octanol–water partition coefficient (Wildman–Crippen LogP) is 1.94. The number of carbonyl (C=O) groups is 1. The number of nitrogens with zero attached hydrogens (tertiary/aromatic N) is 1. The lowest BCUT2D eigenvalue weighted by Crippen LogP contribution is -2.13. The molecule has 1 rings (SSSR count). The van der Waals surface area contributed by atoms with Gasteiger partial charge in [-0.1, -0.05) is 12.1 Å². The normalized spacial score (nSPS) is 9.89. The van der Waals surface area contributed by atoms with E-state index in [2.05, 4.69) is 5.32 Å². The van der Waals surface area contributed by atoms with Crippen LogP contribution in [-0.4, -0.2) is 32.8 Å². The molecule has 0 heterocycles. The minimum atomic E-state index is -0.113. The van der Waals surface area contributed by atoms with Crippen LogP contribution in [0.5, 0.6) is 0 Å². The van der Waals surface area contributed by atoms with Crippen LogP contribution >= 0.6 is 0 Å². The maximum absolute atomic E-state index is 11.7. The third-order valence-electron chi connectivity index (χ3n) is 2.45. The van der Waals surface area contributed by atoms with E-state index < -0.39 is 0 Å². The second-order valence-electron chi connectivity index (χ2n) is 3.91. The van der Waals surface area contributed by atoms with Gasteiger partial charge in [0.05, 0.1) is 24.5 Å². The molecule has 5 heteroatoms. The smallest absolute Gasteiger partial charge is 0.224 e. The van der Waals surface area contributed by atoms with E-state index >= 15 is 0 Å². The quantitative estimate of drug-likeness (QED) is 0.727. The monoisotopic (exact) mass is 262 g/mol. The molecule has 0 unspecified atom stereocenters. The summed E-state index contributed by atoms with van der Waals surface area (Å²) in [6.45, 7) is 1.62. The maximum Gasteiger partial charge on any atom is 0.224 e. The molecule has 0 saturated carbocycles. The SMILES string of the molecule is COCCOCCCC(=O)Nc1ccccc1C#N. The summed E-state index contributed by atoms with van der Waals surface area (Å²) in [4.78, 5) is 11.7. The Morgan fingerprint density at radius 3 is 2.84 bits per heavy atom. The van der Waals surface area contributed by atoms with Gasteiger partial charge in [-0.25, -0.2) is 0 Å². The number of benzene rings is 1. The second-order valence-corrected chi connectivity index (χ2v) is 3.91. The molecule has 0 fully saturated rings. The van der Waals surface area contributed by atoms with Gasteiger partial charge in [-0.05, 0) is 18.6 Å². The fraction of sp³-hybridized carbons (Fsp3) is 0.429. The third-order valence-corrected chi connectivity index (χ3v) is 2.45. The molecule has 0 bridgehead atoms. The number of amides is 1. The summed E-state index contributed by atoms with van der Waals surface area (Å²) in [7, 11) is 1.61. The van der Waals surface area contributed by atoms with Crippen LogP contribution in [0.25, 0.3) is 0 Å². The van der Waals surface area contributed by atoms with Crippen LogP contribution in [-0.2, 0) is 14.3 Å². The standard InChI is InChI=1S/C14H18N2O3/c1-18-9-10-19-8-4-7-14(17)16-13-6-3-2-5-12(13)11-15/h2-3,5-6H,4,7-10H2,1H3,(H,16,17). The lowest BCUT2D eigenvalue weighted by Gasteiger charge is -2.07. The molecule has 0 aromatic heterocycles. The van der Waals surface area contributed by atoms with Crippen molar-refractivity contribution in [3.05, 3.63) is 29.8 Å². The van der Waals surface area contributed by atoms with Gasteiger partial charge in [0, 0.05) is 20.1 Å². The highest BCUT2D eigenvalue weighted by Gasteiger charge is 2.05. The molecular formula is C14H18N2O3. The summed E-state index contributed by atoms with van der Waals surface area (Å²) in [6.07, 6.45) is 1.01. The predicted molar refractivity (Wildman–Crippen MR) is 71.7 cm³/mol. The topological polar surface area (TPSA) is 71.3 Å². The first-order chi connectivity index (χ1) is 9.27. The Hall–Kier alpha value is -1.90. The van der Waals surface area contributed by atoms with Crippen LogP contribution in [0.1, 0.15) is 18.4 Å². The molecule has 1 aromatic rings. The summed E-state index contributed by atoms with van der Waals surface area (Å²) in [5.74, 6) is -0.113. The zero-order chi connectivity index (χ0) is 13.9. The number of anilines is 1. The van der Waals surface area contributed by atoms with Crippen LogP contribution in [0.2, 0.25) is 0 Å². The molecule has 0 spiro atoms. The summed E-state index contributed by atoms with van der Waals surface area (Å²) >= 11 is 0. The van der Waals surface area contributed by atoms with Crippen molar-refractivity contribution in [2.45, 2.75) is 12.8 Å². The fourth-order valence-electron chi connectivity index (χ4n) is 1.48. The van der Waals surface area contributed by atoms with Gasteiger partial charge in [0.15, 0.2) is 0 Å². The van der Waals surface area contributed by atoms with Crippen LogP contribution < -0.4 is 5.32 Å². The highest BCUT2D eigenvalue weighted by atomic mass is 16.5. The van der Waals surface area contributed by atoms with Gasteiger partial charge >= 0.3 is 0 Å². The lowest BCUT2D eigenvalue weighted by atomic mass is 10.2. The van der Waals surface area contributed by atoms with Crippen molar-refractivity contribution < 1.29 is 14.3 Å². The van der Waals surface area contributed by atoms with E-state index in [-0.39, 0.29) is 5.91 Å². The van der Waals surface area contributed by atoms with Crippen LogP contribution in [0, 0.1) is 11.3 Å². The molecule has 0 atom stereocenters. The molecule has 0 radical (unpaired) electrons. The van der Waals surface area contributed by atoms with E-state index in [4.69, 9.17) is 14.7 Å². The van der Waals surface area contributed by atoms with Crippen molar-refractivity contribution in [3.63, 3.8) is 0 Å². The Balaban J connectivity index is 2.26. The number of rotatable bonds is 8. The van der Waals surface area contributed by atoms with Crippen molar-refractivity contribution in [1.82, 2.24) is 0 Å². The summed E-state index contributed by atoms with van der Waals surface area (Å²) in [5.41, 5.74) is 1.02. The molecule has 1 aromatic carbocycles. The fourth-order valence-corrected chi connectivity index (χ4v) is 1.48. The van der Waals surface area contributed by atoms with Gasteiger partial charge < -0.3 is 14.8 Å². The van der Waals surface area contributed by atoms with Gasteiger partial charge in [-0.3, -0.25) is 4.79 Å². The highest BCUT2D eigenvalue weighted by molar-refractivity contribution is 5.92. The third kappa shape index (κ3) is 6.00. The Morgan fingerprint density at radius 2 is 2.11 bits per heavy atom. The van der Waals surface area contributed by atoms with Crippen LogP contribution in [0.4, 0.5) is 5.69 Å². The van der Waals surface area contributed by atoms with Crippen molar-refractivity contribution in [2.75, 3.05) is 32.2 Å². The Kier molecular flexibility index (Phi) is 7.25. The number of hydrogen-bond acceptors (Lipinski definition) is 4. The molecular weight excluding hydrogens is 244 g/mol. The number of nitrogens with one attached hydrogen (secondary N) is 1. The molecule has 0 aliphatic rings. The number of para-hydroxylation sites is 1. The number of hydrogen-bond donors (Lipinski definition) is 1. The minimum absolute atomic E-state index is 0.113. The van der Waals surface area contributed by atoms with Gasteiger partial charge in [0.25, 0.3) is 0 Å². The van der Waals surface area contributed by atoms with Gasteiger partial charge in [0.1, 0.15) is 6.07 Å². The largest absolute Gasteiger partial charge is 0.382 e. The summed E-state index contributed by atoms with van der Waals surface area (Å²) in [5, 5.41) is 11.6. The highest BCUT2D eigenvalue weighted by Crippen LogP contribution is 2.13. The van der Waals surface area contributed by atoms with Crippen LogP contribution in [0.15, 0.2) is 24.3 Å². The lowest BCUT2D eigenvalue weighted by molar-refractivity contribution is -0.116. The van der Waals surface area contributed by atoms with Gasteiger partial charge in [-0.2, -0.15) is 5.26 Å². The average molecular weight is 262 g/mol. The number of ether oxygens (including phenoxy) is 2. The molecule has 0 aliphatic carbocycles. The molecule has 5 nitrogen and oxygen atoms in total. The summed E-state index contributed by atoms with van der Waals surface area (Å²) < 4.78 is 10.1. The minimum Gasteiger partial charge on any atom is -0.382 e.